The minimum Gasteiger partial charge on any atom is -0.306 e. The van der Waals surface area contributed by atoms with Crippen LogP contribution in [0.15, 0.2) is 82.6 Å². The minimum atomic E-state index is 0.0104. The number of amides is 1. The lowest BCUT2D eigenvalue weighted by atomic mass is 10.1. The summed E-state index contributed by atoms with van der Waals surface area (Å²) < 4.78 is 0. The fraction of sp³-hybridized carbons (Fsp3) is 0.174. The normalized spacial score (nSPS) is 13.6. The van der Waals surface area contributed by atoms with Gasteiger partial charge in [0.1, 0.15) is 0 Å². The average Bonchev–Trinajstić information content (AvgIpc) is 2.71. The maximum atomic E-state index is 13.2. The van der Waals surface area contributed by atoms with Crippen LogP contribution >= 0.6 is 23.4 Å². The Hall–Kier alpha value is -2.27. The van der Waals surface area contributed by atoms with Gasteiger partial charge in [-0.25, -0.2) is 0 Å². The van der Waals surface area contributed by atoms with Crippen LogP contribution in [0.5, 0.6) is 0 Å². The zero-order valence-corrected chi connectivity index (χ0v) is 17.1. The standard InChI is InChI=1S/C23H21ClN2OS/c1-16(13-17-7-3-2-4-8-17)25-15-23(27)26-19-9-5-6-10-21(19)28-22-12-11-18(24)14-20(22)26/h2-12,14,16,25H,13,15H2,1H3/t16-/m1/s1. The third kappa shape index (κ3) is 4.09. The molecule has 142 valence electrons. The van der Waals surface area contributed by atoms with Gasteiger partial charge < -0.3 is 5.32 Å². The van der Waals surface area contributed by atoms with Gasteiger partial charge in [-0.1, -0.05) is 65.8 Å². The van der Waals surface area contributed by atoms with Crippen LogP contribution in [0.4, 0.5) is 11.4 Å². The molecule has 0 spiro atoms. The Morgan fingerprint density at radius 1 is 1.00 bits per heavy atom. The molecular weight excluding hydrogens is 388 g/mol. The molecule has 0 aliphatic carbocycles. The van der Waals surface area contributed by atoms with E-state index in [1.54, 1.807) is 16.7 Å². The van der Waals surface area contributed by atoms with Gasteiger partial charge in [0, 0.05) is 20.9 Å². The molecule has 0 saturated heterocycles. The van der Waals surface area contributed by atoms with E-state index in [0.717, 1.165) is 27.6 Å². The predicted molar refractivity (Wildman–Crippen MR) is 117 cm³/mol. The lowest BCUT2D eigenvalue weighted by Gasteiger charge is -2.31. The molecule has 0 fully saturated rings. The van der Waals surface area contributed by atoms with Crippen molar-refractivity contribution in [3.8, 4) is 0 Å². The summed E-state index contributed by atoms with van der Waals surface area (Å²) in [5.74, 6) is 0.0104. The summed E-state index contributed by atoms with van der Waals surface area (Å²) in [5, 5.41) is 4.00. The van der Waals surface area contributed by atoms with E-state index in [4.69, 9.17) is 11.6 Å². The van der Waals surface area contributed by atoms with Gasteiger partial charge in [0.2, 0.25) is 5.91 Å². The summed E-state index contributed by atoms with van der Waals surface area (Å²) in [7, 11) is 0. The molecule has 1 aliphatic heterocycles. The van der Waals surface area contributed by atoms with Gasteiger partial charge in [0.25, 0.3) is 0 Å². The molecule has 3 nitrogen and oxygen atoms in total. The Kier molecular flexibility index (Phi) is 5.72. The van der Waals surface area contributed by atoms with Crippen molar-refractivity contribution in [2.75, 3.05) is 11.4 Å². The monoisotopic (exact) mass is 408 g/mol. The van der Waals surface area contributed by atoms with Crippen molar-refractivity contribution < 1.29 is 4.79 Å². The molecule has 1 heterocycles. The number of fused-ring (bicyclic) bond motifs is 2. The van der Waals surface area contributed by atoms with Crippen LogP contribution in [-0.4, -0.2) is 18.5 Å². The first-order valence-corrected chi connectivity index (χ1v) is 10.5. The highest BCUT2D eigenvalue weighted by atomic mass is 35.5. The fourth-order valence-electron chi connectivity index (χ4n) is 3.38. The minimum absolute atomic E-state index is 0.0104. The van der Waals surface area contributed by atoms with E-state index >= 15 is 0 Å². The third-order valence-electron chi connectivity index (χ3n) is 4.72. The first-order chi connectivity index (χ1) is 13.6. The Bertz CT molecular complexity index is 993. The molecule has 0 aromatic heterocycles. The SMILES string of the molecule is C[C@H](Cc1ccccc1)NCC(=O)N1c2ccccc2Sc2ccc(Cl)cc21. The Morgan fingerprint density at radius 3 is 2.54 bits per heavy atom. The molecule has 0 saturated carbocycles. The first kappa shape index (κ1) is 19.1. The second-order valence-corrected chi connectivity index (χ2v) is 8.40. The highest BCUT2D eigenvalue weighted by Gasteiger charge is 2.28. The quantitative estimate of drug-likeness (QED) is 0.588. The molecule has 0 radical (unpaired) electrons. The number of hydrogen-bond acceptors (Lipinski definition) is 3. The summed E-state index contributed by atoms with van der Waals surface area (Å²) in [4.78, 5) is 17.1. The second kappa shape index (κ2) is 8.39. The number of rotatable bonds is 5. The van der Waals surface area contributed by atoms with Gasteiger partial charge in [-0.2, -0.15) is 0 Å². The molecule has 0 unspecified atom stereocenters. The van der Waals surface area contributed by atoms with E-state index in [1.807, 2.05) is 60.7 Å². The van der Waals surface area contributed by atoms with Gasteiger partial charge in [-0.05, 0) is 49.2 Å². The number of hydrogen-bond donors (Lipinski definition) is 1. The molecule has 1 N–H and O–H groups in total. The van der Waals surface area contributed by atoms with Gasteiger partial charge in [0.15, 0.2) is 0 Å². The molecule has 3 aromatic rings. The fourth-order valence-corrected chi connectivity index (χ4v) is 4.58. The van der Waals surface area contributed by atoms with Crippen LogP contribution in [0.25, 0.3) is 0 Å². The van der Waals surface area contributed by atoms with Gasteiger partial charge in [-0.15, -0.1) is 0 Å². The topological polar surface area (TPSA) is 32.3 Å². The van der Waals surface area contributed by atoms with Gasteiger partial charge in [0.05, 0.1) is 17.9 Å². The molecule has 5 heteroatoms. The smallest absolute Gasteiger partial charge is 0.245 e. The van der Waals surface area contributed by atoms with Crippen LogP contribution in [-0.2, 0) is 11.2 Å². The number of anilines is 2. The van der Waals surface area contributed by atoms with Crippen LogP contribution in [0.1, 0.15) is 12.5 Å². The third-order valence-corrected chi connectivity index (χ3v) is 6.09. The van der Waals surface area contributed by atoms with E-state index in [0.29, 0.717) is 5.02 Å². The van der Waals surface area contributed by atoms with E-state index in [-0.39, 0.29) is 18.5 Å². The Balaban J connectivity index is 1.53. The molecule has 28 heavy (non-hydrogen) atoms. The van der Waals surface area contributed by atoms with E-state index in [2.05, 4.69) is 24.4 Å². The number of carbonyl (C=O) groups excluding carboxylic acids is 1. The van der Waals surface area contributed by atoms with Crippen LogP contribution in [0.3, 0.4) is 0 Å². The molecule has 1 atom stereocenters. The predicted octanol–water partition coefficient (Wildman–Crippen LogP) is 5.69. The van der Waals surface area contributed by atoms with Gasteiger partial charge in [-0.3, -0.25) is 9.69 Å². The second-order valence-electron chi connectivity index (χ2n) is 6.88. The molecular formula is C23H21ClN2OS. The maximum absolute atomic E-state index is 13.2. The van der Waals surface area contributed by atoms with Crippen molar-refractivity contribution in [1.82, 2.24) is 5.32 Å². The number of benzene rings is 3. The van der Waals surface area contributed by atoms with Crippen molar-refractivity contribution >= 4 is 40.6 Å². The lowest BCUT2D eigenvalue weighted by molar-refractivity contribution is -0.117. The van der Waals surface area contributed by atoms with Crippen LogP contribution in [0.2, 0.25) is 5.02 Å². The van der Waals surface area contributed by atoms with Crippen molar-refractivity contribution in [1.29, 1.82) is 0 Å². The van der Waals surface area contributed by atoms with E-state index in [1.165, 1.54) is 5.56 Å². The number of halogens is 1. The zero-order chi connectivity index (χ0) is 19.5. The summed E-state index contributed by atoms with van der Waals surface area (Å²) in [6.07, 6.45) is 0.878. The van der Waals surface area contributed by atoms with Crippen molar-refractivity contribution in [3.05, 3.63) is 83.4 Å². The van der Waals surface area contributed by atoms with E-state index < -0.39 is 0 Å². The number of para-hydroxylation sites is 1. The Labute approximate surface area is 174 Å². The van der Waals surface area contributed by atoms with Crippen molar-refractivity contribution in [3.63, 3.8) is 0 Å². The molecule has 3 aromatic carbocycles. The molecule has 4 rings (SSSR count). The first-order valence-electron chi connectivity index (χ1n) is 9.28. The largest absolute Gasteiger partial charge is 0.306 e. The number of nitrogens with zero attached hydrogens (tertiary/aromatic N) is 1. The Morgan fingerprint density at radius 2 is 1.71 bits per heavy atom. The molecule has 1 aliphatic rings. The van der Waals surface area contributed by atoms with Crippen LogP contribution < -0.4 is 10.2 Å². The maximum Gasteiger partial charge on any atom is 0.245 e. The molecule has 1 amide bonds. The average molecular weight is 409 g/mol. The summed E-state index contributed by atoms with van der Waals surface area (Å²) >= 11 is 7.89. The van der Waals surface area contributed by atoms with Crippen molar-refractivity contribution in [2.45, 2.75) is 29.2 Å². The lowest BCUT2D eigenvalue weighted by Crippen LogP contribution is -2.40. The van der Waals surface area contributed by atoms with Gasteiger partial charge >= 0.3 is 0 Å². The summed E-state index contributed by atoms with van der Waals surface area (Å²) in [6.45, 7) is 2.37. The number of nitrogens with one attached hydrogen (secondary N) is 1. The summed E-state index contributed by atoms with van der Waals surface area (Å²) in [5.41, 5.74) is 3.01. The highest BCUT2D eigenvalue weighted by molar-refractivity contribution is 7.99. The number of carbonyl (C=O) groups is 1. The summed E-state index contributed by atoms with van der Waals surface area (Å²) in [6, 6.07) is 24.2. The molecule has 0 bridgehead atoms. The van der Waals surface area contributed by atoms with Crippen molar-refractivity contribution in [2.24, 2.45) is 0 Å². The van der Waals surface area contributed by atoms with E-state index in [9.17, 15) is 4.79 Å². The van der Waals surface area contributed by atoms with Crippen LogP contribution in [0, 0.1) is 0 Å². The zero-order valence-electron chi connectivity index (χ0n) is 15.6. The highest BCUT2D eigenvalue weighted by Crippen LogP contribution is 2.48.